The molecule has 0 aliphatic heterocycles. The fraction of sp³-hybridized carbons (Fsp3) is 0.150. The number of benzene rings is 2. The standard InChI is InChI=1S/C20H19N5O5/c1-3-13-8-10-14(11-9-13)30-20-17(25(27)28)18(21-12-22-20)23-24-19(26)15-6-4-5-7-16(15)29-2/h4-12H,3H2,1-2H3,(H,24,26)(H,21,22,23). The highest BCUT2D eigenvalue weighted by atomic mass is 16.6. The van der Waals surface area contributed by atoms with Crippen molar-refractivity contribution in [3.63, 3.8) is 0 Å². The summed E-state index contributed by atoms with van der Waals surface area (Å²) in [5.74, 6) is -0.295. The van der Waals surface area contributed by atoms with Crippen molar-refractivity contribution < 1.29 is 19.2 Å². The van der Waals surface area contributed by atoms with Gasteiger partial charge in [0.2, 0.25) is 5.82 Å². The van der Waals surface area contributed by atoms with Crippen molar-refractivity contribution in [1.82, 2.24) is 15.4 Å². The van der Waals surface area contributed by atoms with Gasteiger partial charge in [-0.1, -0.05) is 31.2 Å². The monoisotopic (exact) mass is 409 g/mol. The number of aryl methyl sites for hydroxylation is 1. The van der Waals surface area contributed by atoms with E-state index in [1.54, 1.807) is 36.4 Å². The minimum absolute atomic E-state index is 0.224. The minimum atomic E-state index is -0.687. The summed E-state index contributed by atoms with van der Waals surface area (Å²) < 4.78 is 10.7. The Morgan fingerprint density at radius 2 is 1.87 bits per heavy atom. The van der Waals surface area contributed by atoms with E-state index in [2.05, 4.69) is 20.8 Å². The Bertz CT molecular complexity index is 1060. The first-order chi connectivity index (χ1) is 14.5. The highest BCUT2D eigenvalue weighted by Gasteiger charge is 2.26. The zero-order valence-corrected chi connectivity index (χ0v) is 16.3. The fourth-order valence-electron chi connectivity index (χ4n) is 2.61. The molecule has 0 bridgehead atoms. The fourth-order valence-corrected chi connectivity index (χ4v) is 2.61. The molecule has 0 saturated carbocycles. The predicted octanol–water partition coefficient (Wildman–Crippen LogP) is 3.51. The van der Waals surface area contributed by atoms with Gasteiger partial charge in [-0.05, 0) is 36.2 Å². The number of aromatic nitrogens is 2. The van der Waals surface area contributed by atoms with Crippen molar-refractivity contribution in [3.05, 3.63) is 76.1 Å². The van der Waals surface area contributed by atoms with Gasteiger partial charge in [-0.2, -0.15) is 4.98 Å². The topological polar surface area (TPSA) is 129 Å². The number of rotatable bonds is 8. The second kappa shape index (κ2) is 9.32. The number of hydrogen-bond acceptors (Lipinski definition) is 8. The van der Waals surface area contributed by atoms with Crippen molar-refractivity contribution in [3.8, 4) is 17.4 Å². The molecular weight excluding hydrogens is 390 g/mol. The van der Waals surface area contributed by atoms with Gasteiger partial charge in [-0.15, -0.1) is 0 Å². The summed E-state index contributed by atoms with van der Waals surface area (Å²) in [7, 11) is 1.44. The third kappa shape index (κ3) is 4.61. The first-order valence-corrected chi connectivity index (χ1v) is 8.99. The molecule has 154 valence electrons. The van der Waals surface area contributed by atoms with Crippen molar-refractivity contribution in [2.24, 2.45) is 0 Å². The van der Waals surface area contributed by atoms with Crippen LogP contribution in [0.1, 0.15) is 22.8 Å². The van der Waals surface area contributed by atoms with Gasteiger partial charge in [0.25, 0.3) is 5.91 Å². The van der Waals surface area contributed by atoms with Crippen LogP contribution in [0.15, 0.2) is 54.9 Å². The molecule has 0 radical (unpaired) electrons. The first kappa shape index (κ1) is 20.5. The van der Waals surface area contributed by atoms with Gasteiger partial charge in [-0.3, -0.25) is 25.8 Å². The van der Waals surface area contributed by atoms with E-state index in [0.29, 0.717) is 11.5 Å². The highest BCUT2D eigenvalue weighted by Crippen LogP contribution is 2.33. The number of nitro groups is 1. The number of hydrazine groups is 1. The van der Waals surface area contributed by atoms with Crippen LogP contribution in [0.25, 0.3) is 0 Å². The summed E-state index contributed by atoms with van der Waals surface area (Å²) >= 11 is 0. The number of ether oxygens (including phenoxy) is 2. The predicted molar refractivity (Wildman–Crippen MR) is 109 cm³/mol. The minimum Gasteiger partial charge on any atom is -0.496 e. The van der Waals surface area contributed by atoms with E-state index in [9.17, 15) is 14.9 Å². The summed E-state index contributed by atoms with van der Waals surface area (Å²) in [6.45, 7) is 2.02. The average molecular weight is 409 g/mol. The third-order valence-corrected chi connectivity index (χ3v) is 4.16. The zero-order chi connectivity index (χ0) is 21.5. The number of carbonyl (C=O) groups is 1. The molecule has 3 aromatic rings. The summed E-state index contributed by atoms with van der Waals surface area (Å²) in [5, 5.41) is 11.6. The van der Waals surface area contributed by atoms with Gasteiger partial charge in [-0.25, -0.2) is 4.98 Å². The smallest absolute Gasteiger partial charge is 0.374 e. The molecule has 0 aliphatic rings. The number of carbonyl (C=O) groups excluding carboxylic acids is 1. The lowest BCUT2D eigenvalue weighted by Crippen LogP contribution is -2.30. The molecule has 1 heterocycles. The summed E-state index contributed by atoms with van der Waals surface area (Å²) in [6, 6.07) is 13.7. The van der Waals surface area contributed by atoms with Crippen LogP contribution in [-0.2, 0) is 6.42 Å². The second-order valence-corrected chi connectivity index (χ2v) is 6.01. The lowest BCUT2D eigenvalue weighted by molar-refractivity contribution is -0.385. The first-order valence-electron chi connectivity index (χ1n) is 8.99. The molecule has 3 rings (SSSR count). The lowest BCUT2D eigenvalue weighted by atomic mass is 10.2. The molecule has 0 unspecified atom stereocenters. The number of methoxy groups -OCH3 is 1. The van der Waals surface area contributed by atoms with Crippen molar-refractivity contribution in [2.45, 2.75) is 13.3 Å². The van der Waals surface area contributed by atoms with Crippen molar-refractivity contribution in [2.75, 3.05) is 12.5 Å². The van der Waals surface area contributed by atoms with E-state index in [4.69, 9.17) is 9.47 Å². The number of anilines is 1. The Kier molecular flexibility index (Phi) is 6.38. The number of amides is 1. The van der Waals surface area contributed by atoms with Crippen LogP contribution >= 0.6 is 0 Å². The molecule has 0 atom stereocenters. The molecule has 1 amide bonds. The largest absolute Gasteiger partial charge is 0.496 e. The van der Waals surface area contributed by atoms with Gasteiger partial charge < -0.3 is 9.47 Å². The molecule has 30 heavy (non-hydrogen) atoms. The van der Waals surface area contributed by atoms with E-state index in [1.807, 2.05) is 19.1 Å². The quantitative estimate of drug-likeness (QED) is 0.427. The number of para-hydroxylation sites is 1. The normalized spacial score (nSPS) is 10.2. The van der Waals surface area contributed by atoms with E-state index in [1.165, 1.54) is 7.11 Å². The van der Waals surface area contributed by atoms with E-state index in [0.717, 1.165) is 18.3 Å². The Morgan fingerprint density at radius 1 is 1.13 bits per heavy atom. The second-order valence-electron chi connectivity index (χ2n) is 6.01. The molecule has 0 saturated heterocycles. The van der Waals surface area contributed by atoms with Gasteiger partial charge in [0.05, 0.1) is 17.6 Å². The molecule has 10 nitrogen and oxygen atoms in total. The van der Waals surface area contributed by atoms with Crippen molar-refractivity contribution in [1.29, 1.82) is 0 Å². The van der Waals surface area contributed by atoms with Gasteiger partial charge in [0, 0.05) is 0 Å². The van der Waals surface area contributed by atoms with Crippen molar-refractivity contribution >= 4 is 17.4 Å². The maximum absolute atomic E-state index is 12.4. The van der Waals surface area contributed by atoms with Crippen LogP contribution in [0, 0.1) is 10.1 Å². The Labute approximate surface area is 172 Å². The average Bonchev–Trinajstić information content (AvgIpc) is 2.77. The maximum Gasteiger partial charge on any atom is 0.374 e. The summed E-state index contributed by atoms with van der Waals surface area (Å²) in [5.41, 5.74) is 5.66. The number of nitrogens with zero attached hydrogens (tertiary/aromatic N) is 3. The Balaban J connectivity index is 1.82. The van der Waals surface area contributed by atoms with Crippen LogP contribution in [0.2, 0.25) is 0 Å². The Morgan fingerprint density at radius 3 is 2.53 bits per heavy atom. The molecule has 0 aliphatic carbocycles. The Hall–Kier alpha value is -4.21. The zero-order valence-electron chi connectivity index (χ0n) is 16.3. The molecular formula is C20H19N5O5. The van der Waals surface area contributed by atoms with Crippen LogP contribution in [-0.4, -0.2) is 27.9 Å². The van der Waals surface area contributed by atoms with Crippen LogP contribution in [0.4, 0.5) is 11.5 Å². The molecule has 2 N–H and O–H groups in total. The van der Waals surface area contributed by atoms with Gasteiger partial charge in [0.15, 0.2) is 0 Å². The van der Waals surface area contributed by atoms with Gasteiger partial charge in [0.1, 0.15) is 17.8 Å². The molecule has 0 fully saturated rings. The maximum atomic E-state index is 12.4. The van der Waals surface area contributed by atoms with Crippen LogP contribution < -0.4 is 20.3 Å². The van der Waals surface area contributed by atoms with E-state index < -0.39 is 16.5 Å². The molecule has 0 spiro atoms. The van der Waals surface area contributed by atoms with E-state index >= 15 is 0 Å². The van der Waals surface area contributed by atoms with Crippen LogP contribution in [0.3, 0.4) is 0 Å². The van der Waals surface area contributed by atoms with E-state index in [-0.39, 0.29) is 17.3 Å². The van der Waals surface area contributed by atoms with Gasteiger partial charge >= 0.3 is 11.6 Å². The molecule has 1 aromatic heterocycles. The molecule has 2 aromatic carbocycles. The number of nitrogens with one attached hydrogen (secondary N) is 2. The summed E-state index contributed by atoms with van der Waals surface area (Å²) in [4.78, 5) is 31.1. The third-order valence-electron chi connectivity index (χ3n) is 4.16. The lowest BCUT2D eigenvalue weighted by Gasteiger charge is -2.12. The van der Waals surface area contributed by atoms with Crippen LogP contribution in [0.5, 0.6) is 17.4 Å². The highest BCUT2D eigenvalue weighted by molar-refractivity contribution is 5.97. The number of hydrogen-bond donors (Lipinski definition) is 2. The SMILES string of the molecule is CCc1ccc(Oc2ncnc(NNC(=O)c3ccccc3OC)c2[N+](=O)[O-])cc1. The molecule has 10 heteroatoms. The summed E-state index contributed by atoms with van der Waals surface area (Å²) in [6.07, 6.45) is 1.95.